The van der Waals surface area contributed by atoms with E-state index in [1.165, 1.54) is 0 Å². The van der Waals surface area contributed by atoms with Crippen LogP contribution in [0.1, 0.15) is 24.0 Å². The number of carbonyl (C=O) groups is 5. The highest BCUT2D eigenvalue weighted by atomic mass is 16.4. The molecular formula is C25H30N4O7. The lowest BCUT2D eigenvalue weighted by atomic mass is 10.0. The maximum Gasteiger partial charge on any atom is 0.326 e. The fourth-order valence-corrected chi connectivity index (χ4v) is 3.36. The van der Waals surface area contributed by atoms with Crippen LogP contribution in [0.2, 0.25) is 0 Å². The first-order valence-corrected chi connectivity index (χ1v) is 11.3. The summed E-state index contributed by atoms with van der Waals surface area (Å²) in [5.74, 6) is -4.60. The van der Waals surface area contributed by atoms with Crippen molar-refractivity contribution in [2.75, 3.05) is 6.54 Å². The molecule has 11 heteroatoms. The van der Waals surface area contributed by atoms with Crippen molar-refractivity contribution in [1.82, 2.24) is 16.0 Å². The maximum absolute atomic E-state index is 12.6. The third-order valence-electron chi connectivity index (χ3n) is 5.25. The van der Waals surface area contributed by atoms with Gasteiger partial charge in [-0.1, -0.05) is 60.7 Å². The van der Waals surface area contributed by atoms with Crippen LogP contribution in [0.3, 0.4) is 0 Å². The van der Waals surface area contributed by atoms with Gasteiger partial charge in [-0.05, 0) is 24.0 Å². The van der Waals surface area contributed by atoms with Crippen molar-refractivity contribution in [3.63, 3.8) is 0 Å². The molecule has 0 saturated carbocycles. The molecule has 0 heterocycles. The van der Waals surface area contributed by atoms with Gasteiger partial charge >= 0.3 is 11.9 Å². The van der Waals surface area contributed by atoms with E-state index in [9.17, 15) is 29.1 Å². The molecule has 192 valence electrons. The molecule has 0 aliphatic carbocycles. The van der Waals surface area contributed by atoms with E-state index in [-0.39, 0.29) is 19.3 Å². The Bertz CT molecular complexity index is 1050. The number of aliphatic carboxylic acids is 2. The number of rotatable bonds is 14. The quantitative estimate of drug-likeness (QED) is 0.207. The second kappa shape index (κ2) is 14.2. The molecule has 0 aromatic heterocycles. The fraction of sp³-hybridized carbons (Fsp3) is 0.320. The molecule has 11 nitrogen and oxygen atoms in total. The smallest absolute Gasteiger partial charge is 0.326 e. The number of hydrogen-bond acceptors (Lipinski definition) is 6. The van der Waals surface area contributed by atoms with Crippen LogP contribution in [-0.4, -0.2) is 64.5 Å². The molecule has 0 aliphatic rings. The Kier molecular flexibility index (Phi) is 11.1. The second-order valence-electron chi connectivity index (χ2n) is 8.16. The van der Waals surface area contributed by atoms with Crippen LogP contribution in [0, 0.1) is 0 Å². The van der Waals surface area contributed by atoms with Crippen molar-refractivity contribution in [1.29, 1.82) is 0 Å². The Balaban J connectivity index is 1.93. The van der Waals surface area contributed by atoms with E-state index in [1.54, 1.807) is 54.6 Å². The number of carboxylic acids is 2. The van der Waals surface area contributed by atoms with Crippen LogP contribution >= 0.6 is 0 Å². The molecule has 0 aliphatic heterocycles. The zero-order valence-electron chi connectivity index (χ0n) is 19.6. The van der Waals surface area contributed by atoms with Crippen LogP contribution in [0.4, 0.5) is 0 Å². The number of nitrogens with one attached hydrogen (secondary N) is 3. The van der Waals surface area contributed by atoms with Gasteiger partial charge in [0.15, 0.2) is 0 Å². The minimum atomic E-state index is -1.25. The van der Waals surface area contributed by atoms with Gasteiger partial charge in [0.05, 0.1) is 12.6 Å². The van der Waals surface area contributed by atoms with Crippen molar-refractivity contribution in [2.45, 2.75) is 43.8 Å². The van der Waals surface area contributed by atoms with Crippen molar-refractivity contribution in [2.24, 2.45) is 5.73 Å². The normalized spacial score (nSPS) is 13.0. The van der Waals surface area contributed by atoms with Crippen molar-refractivity contribution in [3.05, 3.63) is 71.8 Å². The highest BCUT2D eigenvalue weighted by Crippen LogP contribution is 2.05. The van der Waals surface area contributed by atoms with Gasteiger partial charge in [-0.3, -0.25) is 19.2 Å². The first-order valence-electron chi connectivity index (χ1n) is 11.3. The Morgan fingerprint density at radius 1 is 0.750 bits per heavy atom. The molecule has 0 saturated heterocycles. The van der Waals surface area contributed by atoms with Gasteiger partial charge in [-0.25, -0.2) is 4.79 Å². The average Bonchev–Trinajstić information content (AvgIpc) is 2.85. The first kappa shape index (κ1) is 28.0. The predicted octanol–water partition coefficient (Wildman–Crippen LogP) is -0.166. The van der Waals surface area contributed by atoms with Gasteiger partial charge in [0.1, 0.15) is 12.1 Å². The molecular weight excluding hydrogens is 468 g/mol. The third kappa shape index (κ3) is 9.94. The second-order valence-corrected chi connectivity index (χ2v) is 8.16. The van der Waals surface area contributed by atoms with Gasteiger partial charge in [-0.15, -0.1) is 0 Å². The summed E-state index contributed by atoms with van der Waals surface area (Å²) in [6, 6.07) is 14.3. The van der Waals surface area contributed by atoms with Gasteiger partial charge in [0, 0.05) is 12.8 Å². The standard InChI is InChI=1S/C25H30N4O7/c26-18(13-16-7-3-1-4-8-16)23(33)29-19(11-12-22(31)32)24(34)27-15-21(30)28-20(25(35)36)14-17-9-5-2-6-10-17/h1-10,18-20H,11-15,26H2,(H,27,34)(H,28,30)(H,29,33)(H,31,32)(H,35,36). The molecule has 0 radical (unpaired) electrons. The minimum absolute atomic E-state index is 0.0481. The fourth-order valence-electron chi connectivity index (χ4n) is 3.36. The molecule has 0 bridgehead atoms. The molecule has 3 unspecified atom stereocenters. The number of carbonyl (C=O) groups excluding carboxylic acids is 3. The summed E-state index contributed by atoms with van der Waals surface area (Å²) in [5, 5.41) is 25.5. The number of nitrogens with two attached hydrogens (primary N) is 1. The molecule has 3 amide bonds. The van der Waals surface area contributed by atoms with E-state index in [4.69, 9.17) is 10.8 Å². The zero-order valence-corrected chi connectivity index (χ0v) is 19.6. The van der Waals surface area contributed by atoms with E-state index < -0.39 is 60.8 Å². The predicted molar refractivity (Wildman–Crippen MR) is 130 cm³/mol. The van der Waals surface area contributed by atoms with Crippen molar-refractivity contribution in [3.8, 4) is 0 Å². The van der Waals surface area contributed by atoms with Gasteiger partial charge in [-0.2, -0.15) is 0 Å². The molecule has 0 spiro atoms. The monoisotopic (exact) mass is 498 g/mol. The molecule has 2 rings (SSSR count). The van der Waals surface area contributed by atoms with E-state index in [0.29, 0.717) is 5.56 Å². The Hall–Kier alpha value is -4.25. The Labute approximate surface area is 208 Å². The van der Waals surface area contributed by atoms with E-state index in [1.807, 2.05) is 6.07 Å². The van der Waals surface area contributed by atoms with E-state index in [2.05, 4.69) is 16.0 Å². The summed E-state index contributed by atoms with van der Waals surface area (Å²) in [6.07, 6.45) is -0.373. The molecule has 2 aromatic carbocycles. The lowest BCUT2D eigenvalue weighted by molar-refractivity contribution is -0.141. The highest BCUT2D eigenvalue weighted by molar-refractivity contribution is 5.93. The molecule has 0 fully saturated rings. The van der Waals surface area contributed by atoms with Crippen LogP contribution < -0.4 is 21.7 Å². The molecule has 7 N–H and O–H groups in total. The summed E-state index contributed by atoms with van der Waals surface area (Å²) in [7, 11) is 0. The average molecular weight is 499 g/mol. The lowest BCUT2D eigenvalue weighted by Gasteiger charge is -2.21. The molecule has 36 heavy (non-hydrogen) atoms. The van der Waals surface area contributed by atoms with Gasteiger partial charge in [0.25, 0.3) is 0 Å². The SMILES string of the molecule is NC(Cc1ccccc1)C(=O)NC(CCC(=O)O)C(=O)NCC(=O)NC(Cc1ccccc1)C(=O)O. The Morgan fingerprint density at radius 3 is 1.83 bits per heavy atom. The van der Waals surface area contributed by atoms with E-state index in [0.717, 1.165) is 5.56 Å². The summed E-state index contributed by atoms with van der Waals surface area (Å²) in [5.41, 5.74) is 7.46. The van der Waals surface area contributed by atoms with Gasteiger partial charge in [0.2, 0.25) is 17.7 Å². The van der Waals surface area contributed by atoms with Gasteiger partial charge < -0.3 is 31.9 Å². The number of amides is 3. The molecule has 2 aromatic rings. The first-order chi connectivity index (χ1) is 17.2. The summed E-state index contributed by atoms with van der Waals surface area (Å²) in [4.78, 5) is 60.0. The topological polar surface area (TPSA) is 188 Å². The Morgan fingerprint density at radius 2 is 1.31 bits per heavy atom. The largest absolute Gasteiger partial charge is 0.481 e. The number of carboxylic acid groups (broad SMARTS) is 2. The zero-order chi connectivity index (χ0) is 26.5. The van der Waals surface area contributed by atoms with Crippen LogP contribution in [0.15, 0.2) is 60.7 Å². The van der Waals surface area contributed by atoms with Crippen LogP contribution in [-0.2, 0) is 36.8 Å². The minimum Gasteiger partial charge on any atom is -0.481 e. The maximum atomic E-state index is 12.6. The van der Waals surface area contributed by atoms with Crippen molar-refractivity contribution >= 4 is 29.7 Å². The van der Waals surface area contributed by atoms with E-state index >= 15 is 0 Å². The summed E-state index contributed by atoms with van der Waals surface area (Å²) < 4.78 is 0. The summed E-state index contributed by atoms with van der Waals surface area (Å²) in [6.45, 7) is -0.563. The van der Waals surface area contributed by atoms with Crippen molar-refractivity contribution < 1.29 is 34.2 Å². The van der Waals surface area contributed by atoms with Crippen LogP contribution in [0.5, 0.6) is 0 Å². The lowest BCUT2D eigenvalue weighted by Crippen LogP contribution is -2.54. The van der Waals surface area contributed by atoms with Crippen LogP contribution in [0.25, 0.3) is 0 Å². The third-order valence-corrected chi connectivity index (χ3v) is 5.25. The molecule has 3 atom stereocenters. The summed E-state index contributed by atoms with van der Waals surface area (Å²) >= 11 is 0. The highest BCUT2D eigenvalue weighted by Gasteiger charge is 2.26. The number of hydrogen-bond donors (Lipinski definition) is 6. The number of benzene rings is 2.